The summed E-state index contributed by atoms with van der Waals surface area (Å²) in [7, 11) is -17.6. The smallest absolute Gasteiger partial charge is 0.338 e. The molecule has 0 aliphatic rings. The van der Waals surface area contributed by atoms with Crippen LogP contribution in [0.1, 0.15) is 49.0 Å². The van der Waals surface area contributed by atoms with Gasteiger partial charge in [0.15, 0.2) is 0 Å². The Morgan fingerprint density at radius 1 is 0.826 bits per heavy atom. The molecular weight excluding hydrogens is 693 g/mol. The highest BCUT2D eigenvalue weighted by Crippen LogP contribution is 2.31. The van der Waals surface area contributed by atoms with Crippen LogP contribution in [0.3, 0.4) is 0 Å². The van der Waals surface area contributed by atoms with Crippen LogP contribution in [-0.2, 0) is 45.2 Å². The zero-order chi connectivity index (χ0) is 35.3. The Morgan fingerprint density at radius 2 is 1.39 bits per heavy atom. The summed E-state index contributed by atoms with van der Waals surface area (Å²) in [4.78, 5) is 17.8. The average molecular weight is 731 g/mol. The Bertz CT molecular complexity index is 1790. The Hall–Kier alpha value is -2.98. The number of hydrogen-bond donors (Lipinski definition) is 4. The Labute approximate surface area is 269 Å². The highest BCUT2D eigenvalue weighted by molar-refractivity contribution is 7.86. The van der Waals surface area contributed by atoms with Crippen LogP contribution in [0.4, 0.5) is 5.69 Å². The molecule has 0 bridgehead atoms. The summed E-state index contributed by atoms with van der Waals surface area (Å²) in [6.45, 7) is 4.36. The molecule has 4 N–H and O–H groups in total. The van der Waals surface area contributed by atoms with Crippen LogP contribution in [0.15, 0.2) is 58.1 Å². The molecule has 16 nitrogen and oxygen atoms in total. The number of carbonyl (C=O) groups is 1. The SMILES string of the molecule is CC(/C=C/C=C/C=C(\C)N(CCCS(=O)(=O)O)c1cc(S(=O)(=O)O)cc(C(=O)OCCCS(=O)(=O)O)c1C)=N/CCCS(=O)(=O)O. The maximum atomic E-state index is 12.9. The van der Waals surface area contributed by atoms with Gasteiger partial charge in [-0.05, 0) is 69.9 Å². The molecule has 0 aliphatic heterocycles. The maximum Gasteiger partial charge on any atom is 0.338 e. The number of esters is 1. The lowest BCUT2D eigenvalue weighted by molar-refractivity contribution is 0.0504. The number of hydrogen-bond acceptors (Lipinski definition) is 12. The van der Waals surface area contributed by atoms with Gasteiger partial charge in [-0.25, -0.2) is 4.79 Å². The van der Waals surface area contributed by atoms with Gasteiger partial charge in [-0.15, -0.1) is 0 Å². The minimum atomic E-state index is -4.87. The summed E-state index contributed by atoms with van der Waals surface area (Å²) < 4.78 is 132. The molecule has 0 aromatic heterocycles. The first kappa shape index (κ1) is 41.0. The molecule has 0 aliphatic carbocycles. The topological polar surface area (TPSA) is 259 Å². The van der Waals surface area contributed by atoms with Crippen molar-refractivity contribution in [3.8, 4) is 0 Å². The molecule has 260 valence electrons. The molecular formula is C26H38N2O14S4. The zero-order valence-corrected chi connectivity index (χ0v) is 28.6. The van der Waals surface area contributed by atoms with Gasteiger partial charge in [-0.3, -0.25) is 23.2 Å². The summed E-state index contributed by atoms with van der Waals surface area (Å²) >= 11 is 0. The van der Waals surface area contributed by atoms with Crippen LogP contribution in [0.5, 0.6) is 0 Å². The van der Waals surface area contributed by atoms with Crippen LogP contribution in [0.25, 0.3) is 0 Å². The van der Waals surface area contributed by atoms with E-state index in [1.165, 1.54) is 11.8 Å². The fourth-order valence-corrected chi connectivity index (χ4v) is 5.79. The molecule has 20 heteroatoms. The second kappa shape index (κ2) is 17.8. The largest absolute Gasteiger partial charge is 0.462 e. The van der Waals surface area contributed by atoms with Crippen molar-refractivity contribution < 1.29 is 61.4 Å². The maximum absolute atomic E-state index is 12.9. The van der Waals surface area contributed by atoms with Crippen molar-refractivity contribution >= 4 is 57.8 Å². The Balaban J connectivity index is 3.41. The minimum absolute atomic E-state index is 0.0703. The van der Waals surface area contributed by atoms with Crippen molar-refractivity contribution in [2.24, 2.45) is 4.99 Å². The first-order valence-electron chi connectivity index (χ1n) is 13.4. The zero-order valence-electron chi connectivity index (χ0n) is 25.3. The lowest BCUT2D eigenvalue weighted by atomic mass is 10.0. The van der Waals surface area contributed by atoms with E-state index in [4.69, 9.17) is 13.8 Å². The number of allylic oxidation sites excluding steroid dienone is 6. The second-order valence-electron chi connectivity index (χ2n) is 9.87. The predicted molar refractivity (Wildman–Crippen MR) is 172 cm³/mol. The van der Waals surface area contributed by atoms with Gasteiger partial charge < -0.3 is 9.64 Å². The molecule has 0 heterocycles. The first-order valence-corrected chi connectivity index (χ1v) is 19.7. The van der Waals surface area contributed by atoms with E-state index in [1.807, 2.05) is 0 Å². The van der Waals surface area contributed by atoms with Gasteiger partial charge in [-0.2, -0.15) is 33.7 Å². The molecule has 1 rings (SSSR count). The van der Waals surface area contributed by atoms with E-state index in [2.05, 4.69) is 4.99 Å². The quantitative estimate of drug-likeness (QED) is 0.0524. The van der Waals surface area contributed by atoms with Gasteiger partial charge >= 0.3 is 5.97 Å². The fraction of sp³-hybridized carbons (Fsp3) is 0.462. The summed E-state index contributed by atoms with van der Waals surface area (Å²) in [6.07, 6.45) is 7.76. The monoisotopic (exact) mass is 730 g/mol. The van der Waals surface area contributed by atoms with Crippen molar-refractivity contribution in [2.45, 2.75) is 44.9 Å². The van der Waals surface area contributed by atoms with Gasteiger partial charge in [0.05, 0.1) is 34.3 Å². The normalized spacial score (nSPS) is 13.9. The third kappa shape index (κ3) is 17.1. The molecule has 0 saturated carbocycles. The lowest BCUT2D eigenvalue weighted by Crippen LogP contribution is -2.26. The highest BCUT2D eigenvalue weighted by Gasteiger charge is 2.24. The van der Waals surface area contributed by atoms with Gasteiger partial charge in [0.25, 0.3) is 40.5 Å². The fourth-order valence-electron chi connectivity index (χ4n) is 3.79. The number of rotatable bonds is 19. The lowest BCUT2D eigenvalue weighted by Gasteiger charge is -2.28. The van der Waals surface area contributed by atoms with Gasteiger partial charge in [-0.1, -0.05) is 18.2 Å². The van der Waals surface area contributed by atoms with Crippen LogP contribution in [-0.4, -0.2) is 101 Å². The molecule has 46 heavy (non-hydrogen) atoms. The van der Waals surface area contributed by atoms with E-state index in [0.29, 0.717) is 11.4 Å². The predicted octanol–water partition coefficient (Wildman–Crippen LogP) is 2.52. The molecule has 1 aromatic carbocycles. The van der Waals surface area contributed by atoms with Gasteiger partial charge in [0, 0.05) is 30.2 Å². The third-order valence-corrected chi connectivity index (χ3v) is 9.22. The number of ether oxygens (including phenoxy) is 1. The second-order valence-corrected chi connectivity index (χ2v) is 16.0. The number of carbonyl (C=O) groups excluding carboxylic acids is 1. The summed E-state index contributed by atoms with van der Waals surface area (Å²) in [5.74, 6) is -2.80. The van der Waals surface area contributed by atoms with Crippen molar-refractivity contribution in [3.05, 3.63) is 59.3 Å². The van der Waals surface area contributed by atoms with Crippen molar-refractivity contribution in [2.75, 3.05) is 41.9 Å². The summed E-state index contributed by atoms with van der Waals surface area (Å²) in [6, 6.07) is 1.93. The van der Waals surface area contributed by atoms with E-state index >= 15 is 0 Å². The molecule has 0 atom stereocenters. The number of aliphatic imine (C=N–C) groups is 1. The van der Waals surface area contributed by atoms with Crippen LogP contribution < -0.4 is 4.90 Å². The van der Waals surface area contributed by atoms with Gasteiger partial charge in [0.1, 0.15) is 0 Å². The van der Waals surface area contributed by atoms with Crippen LogP contribution >= 0.6 is 0 Å². The van der Waals surface area contributed by atoms with Crippen molar-refractivity contribution in [1.29, 1.82) is 0 Å². The molecule has 0 amide bonds. The van der Waals surface area contributed by atoms with Gasteiger partial charge in [0.2, 0.25) is 0 Å². The molecule has 0 radical (unpaired) electrons. The number of benzene rings is 1. The standard InChI is InChI=1S/C26H38N2O14S4/c1-20(27-12-7-15-43(30,31)32)10-5-4-6-11-21(2)28(13-8-16-44(33,34)35)25-19-23(46(39,40)41)18-24(22(25)3)26(29)42-14-9-17-45(36,37)38/h4-6,10-11,18-19H,7-9,12-17H2,1-3H3,(H,30,31,32)(H,33,34,35)(H,36,37,38)(H,39,40,41)/b6-4+,10-5+,21-11+,27-20-. The van der Waals surface area contributed by atoms with E-state index in [0.717, 1.165) is 12.1 Å². The number of anilines is 1. The molecule has 1 aromatic rings. The summed E-state index contributed by atoms with van der Waals surface area (Å²) in [5, 5.41) is 0. The number of nitrogens with zero attached hydrogens (tertiary/aromatic N) is 2. The van der Waals surface area contributed by atoms with Crippen LogP contribution in [0.2, 0.25) is 0 Å². The first-order chi connectivity index (χ1) is 21.0. The average Bonchev–Trinajstić information content (AvgIpc) is 2.89. The molecule has 0 unspecified atom stereocenters. The van der Waals surface area contributed by atoms with E-state index in [9.17, 15) is 47.6 Å². The summed E-state index contributed by atoms with van der Waals surface area (Å²) in [5.41, 5.74) is 0.924. The van der Waals surface area contributed by atoms with Crippen molar-refractivity contribution in [1.82, 2.24) is 0 Å². The highest BCUT2D eigenvalue weighted by atomic mass is 32.2. The van der Waals surface area contributed by atoms with E-state index in [1.54, 1.807) is 44.2 Å². The van der Waals surface area contributed by atoms with E-state index < -0.39 is 75.2 Å². The Kier molecular flexibility index (Phi) is 15.9. The minimum Gasteiger partial charge on any atom is -0.462 e. The molecule has 0 spiro atoms. The van der Waals surface area contributed by atoms with Crippen molar-refractivity contribution in [3.63, 3.8) is 0 Å². The Morgan fingerprint density at radius 3 is 1.96 bits per heavy atom. The third-order valence-electron chi connectivity index (χ3n) is 5.97. The van der Waals surface area contributed by atoms with Crippen LogP contribution in [0, 0.1) is 6.92 Å². The molecule has 0 fully saturated rings. The molecule has 0 saturated heterocycles. The van der Waals surface area contributed by atoms with E-state index in [-0.39, 0.29) is 49.2 Å².